The van der Waals surface area contributed by atoms with Gasteiger partial charge in [0.2, 0.25) is 5.91 Å². The number of carbonyl (C=O) groups is 2. The number of amides is 2. The third-order valence-corrected chi connectivity index (χ3v) is 5.21. The summed E-state index contributed by atoms with van der Waals surface area (Å²) in [6.07, 6.45) is 1.86. The molecule has 0 unspecified atom stereocenters. The van der Waals surface area contributed by atoms with Crippen LogP contribution in [0.2, 0.25) is 0 Å². The molecule has 150 valence electrons. The summed E-state index contributed by atoms with van der Waals surface area (Å²) in [5, 5.41) is 6.67. The van der Waals surface area contributed by atoms with Gasteiger partial charge >= 0.3 is 0 Å². The number of nitrogens with one attached hydrogen (secondary N) is 3. The summed E-state index contributed by atoms with van der Waals surface area (Å²) in [5.41, 5.74) is 3.95. The molecule has 0 radical (unpaired) electrons. The van der Waals surface area contributed by atoms with Gasteiger partial charge in [-0.05, 0) is 64.8 Å². The quantitative estimate of drug-likeness (QED) is 0.386. The van der Waals surface area contributed by atoms with Gasteiger partial charge in [0, 0.05) is 38.5 Å². The van der Waals surface area contributed by atoms with Gasteiger partial charge in [-0.3, -0.25) is 9.59 Å². The van der Waals surface area contributed by atoms with Gasteiger partial charge < -0.3 is 15.6 Å². The molecule has 0 aliphatic rings. The molecule has 0 atom stereocenters. The van der Waals surface area contributed by atoms with Crippen molar-refractivity contribution < 1.29 is 9.59 Å². The van der Waals surface area contributed by atoms with Crippen molar-refractivity contribution in [1.29, 1.82) is 0 Å². The number of anilines is 2. The zero-order chi connectivity index (χ0) is 21.1. The van der Waals surface area contributed by atoms with E-state index in [1.54, 1.807) is 42.6 Å². The third-order valence-electron chi connectivity index (χ3n) is 4.74. The number of nitrogens with zero attached hydrogens (tertiary/aromatic N) is 1. The van der Waals surface area contributed by atoms with Crippen LogP contribution in [0.4, 0.5) is 11.5 Å². The molecule has 4 aromatic rings. The standard InChI is InChI=1S/C23H19BrN4O2/c1-14-19(18-7-2-3-8-20(18)26-14)12-22(29)27-17-6-4-5-15(11-17)23(30)28-21-10-9-16(24)13-25-21/h2-11,13,26H,12H2,1H3,(H,27,29)(H,25,28,30). The van der Waals surface area contributed by atoms with E-state index in [2.05, 4.69) is 36.5 Å². The number of carbonyl (C=O) groups excluding carboxylic acids is 2. The van der Waals surface area contributed by atoms with Crippen molar-refractivity contribution >= 4 is 50.2 Å². The number of halogens is 1. The smallest absolute Gasteiger partial charge is 0.256 e. The Hall–Kier alpha value is -3.45. The van der Waals surface area contributed by atoms with Crippen molar-refractivity contribution in [3.63, 3.8) is 0 Å². The normalized spacial score (nSPS) is 10.7. The highest BCUT2D eigenvalue weighted by atomic mass is 79.9. The third kappa shape index (κ3) is 4.41. The van der Waals surface area contributed by atoms with Crippen molar-refractivity contribution in [2.75, 3.05) is 10.6 Å². The molecule has 3 N–H and O–H groups in total. The van der Waals surface area contributed by atoms with E-state index < -0.39 is 0 Å². The van der Waals surface area contributed by atoms with Crippen LogP contribution >= 0.6 is 15.9 Å². The molecule has 0 fully saturated rings. The highest BCUT2D eigenvalue weighted by Gasteiger charge is 2.13. The maximum Gasteiger partial charge on any atom is 0.256 e. The summed E-state index contributed by atoms with van der Waals surface area (Å²) in [5.74, 6) is 0.0100. The van der Waals surface area contributed by atoms with Gasteiger partial charge in [-0.2, -0.15) is 0 Å². The molecule has 0 saturated carbocycles. The molecule has 0 spiro atoms. The molecule has 7 heteroatoms. The number of rotatable bonds is 5. The van der Waals surface area contributed by atoms with Crippen LogP contribution in [0.15, 0.2) is 71.3 Å². The molecule has 2 amide bonds. The van der Waals surface area contributed by atoms with Gasteiger partial charge in [-0.25, -0.2) is 4.98 Å². The summed E-state index contributed by atoms with van der Waals surface area (Å²) in [7, 11) is 0. The lowest BCUT2D eigenvalue weighted by atomic mass is 10.1. The predicted molar refractivity (Wildman–Crippen MR) is 122 cm³/mol. The minimum absolute atomic E-state index is 0.144. The van der Waals surface area contributed by atoms with E-state index in [4.69, 9.17) is 0 Å². The number of aromatic amines is 1. The van der Waals surface area contributed by atoms with Crippen LogP contribution in [-0.4, -0.2) is 21.8 Å². The van der Waals surface area contributed by atoms with Crippen molar-refractivity contribution in [3.8, 4) is 0 Å². The first kappa shape index (κ1) is 19.8. The number of aryl methyl sites for hydroxylation is 1. The van der Waals surface area contributed by atoms with Crippen molar-refractivity contribution in [2.45, 2.75) is 13.3 Å². The van der Waals surface area contributed by atoms with E-state index in [9.17, 15) is 9.59 Å². The van der Waals surface area contributed by atoms with Crippen molar-refractivity contribution in [1.82, 2.24) is 9.97 Å². The fraction of sp³-hybridized carbons (Fsp3) is 0.0870. The van der Waals surface area contributed by atoms with Gasteiger partial charge in [-0.15, -0.1) is 0 Å². The van der Waals surface area contributed by atoms with E-state index in [0.717, 1.165) is 26.6 Å². The fourth-order valence-electron chi connectivity index (χ4n) is 3.30. The van der Waals surface area contributed by atoms with Crippen molar-refractivity contribution in [2.24, 2.45) is 0 Å². The van der Waals surface area contributed by atoms with E-state index in [0.29, 0.717) is 17.1 Å². The average molecular weight is 463 g/mol. The van der Waals surface area contributed by atoms with Gasteiger partial charge in [0.05, 0.1) is 6.42 Å². The molecule has 2 aromatic carbocycles. The lowest BCUT2D eigenvalue weighted by Crippen LogP contribution is -2.16. The molecule has 2 heterocycles. The van der Waals surface area contributed by atoms with E-state index in [1.807, 2.05) is 31.2 Å². The highest BCUT2D eigenvalue weighted by molar-refractivity contribution is 9.10. The number of H-pyrrole nitrogens is 1. The minimum atomic E-state index is -0.298. The Balaban J connectivity index is 1.46. The van der Waals surface area contributed by atoms with Crippen LogP contribution in [0.1, 0.15) is 21.6 Å². The molecule has 4 rings (SSSR count). The Kier molecular flexibility index (Phi) is 5.63. The van der Waals surface area contributed by atoms with E-state index in [-0.39, 0.29) is 18.2 Å². The minimum Gasteiger partial charge on any atom is -0.358 e. The molecule has 0 saturated heterocycles. The zero-order valence-electron chi connectivity index (χ0n) is 16.2. The molecule has 0 aliphatic heterocycles. The fourth-order valence-corrected chi connectivity index (χ4v) is 3.54. The Morgan fingerprint density at radius 2 is 1.87 bits per heavy atom. The Morgan fingerprint density at radius 3 is 2.67 bits per heavy atom. The lowest BCUT2D eigenvalue weighted by molar-refractivity contribution is -0.115. The maximum absolute atomic E-state index is 12.6. The van der Waals surface area contributed by atoms with Crippen LogP contribution in [0.25, 0.3) is 10.9 Å². The summed E-state index contributed by atoms with van der Waals surface area (Å²) in [6.45, 7) is 1.96. The monoisotopic (exact) mass is 462 g/mol. The summed E-state index contributed by atoms with van der Waals surface area (Å²) < 4.78 is 0.829. The molecule has 30 heavy (non-hydrogen) atoms. The number of pyridine rings is 1. The Labute approximate surface area is 181 Å². The number of para-hydroxylation sites is 1. The molecular weight excluding hydrogens is 444 g/mol. The molecule has 0 bridgehead atoms. The number of aromatic nitrogens is 2. The second-order valence-corrected chi connectivity index (χ2v) is 7.81. The SMILES string of the molecule is Cc1[nH]c2ccccc2c1CC(=O)Nc1cccc(C(=O)Nc2ccc(Br)cn2)c1. The second-order valence-electron chi connectivity index (χ2n) is 6.90. The predicted octanol–water partition coefficient (Wildman–Crippen LogP) is 5.07. The summed E-state index contributed by atoms with van der Waals surface area (Å²) >= 11 is 3.31. The number of benzene rings is 2. The number of hydrogen-bond donors (Lipinski definition) is 3. The average Bonchev–Trinajstić information content (AvgIpc) is 3.05. The highest BCUT2D eigenvalue weighted by Crippen LogP contribution is 2.23. The number of fused-ring (bicyclic) bond motifs is 1. The lowest BCUT2D eigenvalue weighted by Gasteiger charge is -2.09. The first-order valence-corrected chi connectivity index (χ1v) is 10.2. The molecule has 6 nitrogen and oxygen atoms in total. The first-order valence-electron chi connectivity index (χ1n) is 9.38. The van der Waals surface area contributed by atoms with E-state index >= 15 is 0 Å². The summed E-state index contributed by atoms with van der Waals surface area (Å²) in [4.78, 5) is 32.6. The topological polar surface area (TPSA) is 86.9 Å². The zero-order valence-corrected chi connectivity index (χ0v) is 17.8. The Bertz CT molecular complexity index is 1230. The second kappa shape index (κ2) is 8.51. The van der Waals surface area contributed by atoms with Gasteiger partial charge in [0.1, 0.15) is 5.82 Å². The van der Waals surface area contributed by atoms with Gasteiger partial charge in [0.25, 0.3) is 5.91 Å². The molecule has 0 aliphatic carbocycles. The van der Waals surface area contributed by atoms with Crippen molar-refractivity contribution in [3.05, 3.63) is 88.2 Å². The van der Waals surface area contributed by atoms with E-state index in [1.165, 1.54) is 0 Å². The van der Waals surface area contributed by atoms with Crippen LogP contribution in [-0.2, 0) is 11.2 Å². The van der Waals surface area contributed by atoms with Crippen LogP contribution in [0.3, 0.4) is 0 Å². The van der Waals surface area contributed by atoms with Crippen LogP contribution < -0.4 is 10.6 Å². The van der Waals surface area contributed by atoms with Gasteiger partial charge in [-0.1, -0.05) is 24.3 Å². The summed E-state index contributed by atoms with van der Waals surface area (Å²) in [6, 6.07) is 18.2. The molecular formula is C23H19BrN4O2. The first-order chi connectivity index (χ1) is 14.5. The molecule has 2 aromatic heterocycles. The largest absolute Gasteiger partial charge is 0.358 e. The Morgan fingerprint density at radius 1 is 1.03 bits per heavy atom. The van der Waals surface area contributed by atoms with Crippen LogP contribution in [0, 0.1) is 6.92 Å². The van der Waals surface area contributed by atoms with Gasteiger partial charge in [0.15, 0.2) is 0 Å². The number of hydrogen-bond acceptors (Lipinski definition) is 3. The maximum atomic E-state index is 12.6. The van der Waals surface area contributed by atoms with Crippen LogP contribution in [0.5, 0.6) is 0 Å².